The van der Waals surface area contributed by atoms with Crippen LogP contribution in [-0.2, 0) is 9.59 Å². The Morgan fingerprint density at radius 3 is 2.14 bits per heavy atom. The van der Waals surface area contributed by atoms with Gasteiger partial charge in [-0.15, -0.1) is 0 Å². The topological polar surface area (TPSA) is 57.6 Å². The smallest absolute Gasteiger partial charge is 0.303 e. The molecule has 0 aromatic heterocycles. The minimum Gasteiger partial charge on any atom is -0.481 e. The Morgan fingerprint density at radius 2 is 1.71 bits per heavy atom. The van der Waals surface area contributed by atoms with E-state index in [9.17, 15) is 9.59 Å². The zero-order chi connectivity index (χ0) is 15.8. The van der Waals surface area contributed by atoms with Crippen molar-refractivity contribution in [3.05, 3.63) is 0 Å². The first-order valence-electron chi connectivity index (χ1n) is 8.21. The van der Waals surface area contributed by atoms with Crippen LogP contribution in [0.2, 0.25) is 0 Å². The number of nitrogens with zero attached hydrogens (tertiary/aromatic N) is 1. The Kier molecular flexibility index (Phi) is 4.64. The van der Waals surface area contributed by atoms with Crippen molar-refractivity contribution >= 4 is 11.9 Å². The molecule has 1 amide bonds. The van der Waals surface area contributed by atoms with Crippen LogP contribution in [0, 0.1) is 17.3 Å². The third-order valence-electron chi connectivity index (χ3n) is 5.54. The molecule has 4 heteroatoms. The van der Waals surface area contributed by atoms with Crippen molar-refractivity contribution in [3.63, 3.8) is 0 Å². The van der Waals surface area contributed by atoms with E-state index in [2.05, 4.69) is 32.6 Å². The minimum atomic E-state index is -0.708. The van der Waals surface area contributed by atoms with E-state index in [1.54, 1.807) is 0 Å². The molecule has 120 valence electrons. The molecule has 4 nitrogen and oxygen atoms in total. The molecule has 2 bridgehead atoms. The van der Waals surface area contributed by atoms with E-state index in [-0.39, 0.29) is 35.7 Å². The Bertz CT molecular complexity index is 399. The lowest BCUT2D eigenvalue weighted by Crippen LogP contribution is -2.47. The summed E-state index contributed by atoms with van der Waals surface area (Å²) < 4.78 is 0. The molecule has 2 rings (SSSR count). The number of aliphatic carboxylic acids is 1. The van der Waals surface area contributed by atoms with Gasteiger partial charge in [0.05, 0.1) is 0 Å². The van der Waals surface area contributed by atoms with E-state index < -0.39 is 5.97 Å². The van der Waals surface area contributed by atoms with Gasteiger partial charge in [-0.2, -0.15) is 0 Å². The van der Waals surface area contributed by atoms with Crippen LogP contribution in [0.4, 0.5) is 0 Å². The highest BCUT2D eigenvalue weighted by Gasteiger charge is 2.43. The van der Waals surface area contributed by atoms with Gasteiger partial charge in [0.2, 0.25) is 5.91 Å². The molecule has 2 aliphatic rings. The summed E-state index contributed by atoms with van der Waals surface area (Å²) >= 11 is 0. The van der Waals surface area contributed by atoms with Crippen molar-refractivity contribution in [3.8, 4) is 0 Å². The molecule has 3 atom stereocenters. The molecule has 0 saturated carbocycles. The number of fused-ring (bicyclic) bond motifs is 2. The SMILES string of the molecule is CC(CC(=O)N1C2CCC1CC(CC(=O)O)C2)C(C)(C)C. The molecule has 2 heterocycles. The summed E-state index contributed by atoms with van der Waals surface area (Å²) in [6.07, 6.45) is 4.72. The van der Waals surface area contributed by atoms with Gasteiger partial charge in [-0.05, 0) is 42.9 Å². The van der Waals surface area contributed by atoms with Crippen LogP contribution in [0.15, 0.2) is 0 Å². The molecule has 0 aromatic rings. The summed E-state index contributed by atoms with van der Waals surface area (Å²) in [4.78, 5) is 25.6. The van der Waals surface area contributed by atoms with Crippen LogP contribution >= 0.6 is 0 Å². The number of rotatable bonds is 4. The molecule has 1 N–H and O–H groups in total. The van der Waals surface area contributed by atoms with Crippen LogP contribution < -0.4 is 0 Å². The lowest BCUT2D eigenvalue weighted by atomic mass is 9.79. The number of piperidine rings is 1. The maximum absolute atomic E-state index is 12.7. The molecule has 2 aliphatic heterocycles. The van der Waals surface area contributed by atoms with Crippen LogP contribution in [0.25, 0.3) is 0 Å². The predicted molar refractivity (Wildman–Crippen MR) is 81.9 cm³/mol. The lowest BCUT2D eigenvalue weighted by molar-refractivity contribution is -0.140. The fraction of sp³-hybridized carbons (Fsp3) is 0.882. The molecule has 21 heavy (non-hydrogen) atoms. The van der Waals surface area contributed by atoms with Crippen molar-refractivity contribution in [1.29, 1.82) is 0 Å². The van der Waals surface area contributed by atoms with Crippen molar-refractivity contribution in [1.82, 2.24) is 4.90 Å². The Hall–Kier alpha value is -1.06. The highest BCUT2D eigenvalue weighted by Crippen LogP contribution is 2.41. The zero-order valence-corrected chi connectivity index (χ0v) is 13.8. The second-order valence-electron chi connectivity index (χ2n) is 8.09. The molecular weight excluding hydrogens is 266 g/mol. The predicted octanol–water partition coefficient (Wildman–Crippen LogP) is 3.30. The summed E-state index contributed by atoms with van der Waals surface area (Å²) in [7, 11) is 0. The maximum atomic E-state index is 12.7. The van der Waals surface area contributed by atoms with E-state index in [0.717, 1.165) is 25.7 Å². The summed E-state index contributed by atoms with van der Waals surface area (Å²) in [5, 5.41) is 8.96. The van der Waals surface area contributed by atoms with Gasteiger partial charge in [0, 0.05) is 24.9 Å². The number of carbonyl (C=O) groups is 2. The highest BCUT2D eigenvalue weighted by atomic mass is 16.4. The van der Waals surface area contributed by atoms with Gasteiger partial charge < -0.3 is 10.0 Å². The van der Waals surface area contributed by atoms with E-state index in [4.69, 9.17) is 5.11 Å². The number of carbonyl (C=O) groups excluding carboxylic acids is 1. The number of amides is 1. The van der Waals surface area contributed by atoms with Crippen LogP contribution in [0.1, 0.15) is 66.2 Å². The first-order valence-corrected chi connectivity index (χ1v) is 8.21. The minimum absolute atomic E-state index is 0.149. The average Bonchev–Trinajstić information content (AvgIpc) is 2.59. The van der Waals surface area contributed by atoms with Gasteiger partial charge in [-0.1, -0.05) is 27.7 Å². The molecular formula is C17H29NO3. The van der Waals surface area contributed by atoms with Gasteiger partial charge in [-0.3, -0.25) is 9.59 Å². The molecule has 0 aromatic carbocycles. The Balaban J connectivity index is 1.97. The van der Waals surface area contributed by atoms with Gasteiger partial charge in [0.15, 0.2) is 0 Å². The first-order chi connectivity index (χ1) is 9.68. The summed E-state index contributed by atoms with van der Waals surface area (Å²) in [5.74, 6) is 0.185. The fourth-order valence-corrected chi connectivity index (χ4v) is 3.78. The van der Waals surface area contributed by atoms with E-state index >= 15 is 0 Å². The van der Waals surface area contributed by atoms with E-state index in [1.165, 1.54) is 0 Å². The molecule has 2 saturated heterocycles. The van der Waals surface area contributed by atoms with Crippen molar-refractivity contribution < 1.29 is 14.7 Å². The monoisotopic (exact) mass is 295 g/mol. The van der Waals surface area contributed by atoms with Crippen LogP contribution in [-0.4, -0.2) is 34.0 Å². The number of carboxylic acid groups (broad SMARTS) is 1. The molecule has 2 fully saturated rings. The zero-order valence-electron chi connectivity index (χ0n) is 13.8. The van der Waals surface area contributed by atoms with Gasteiger partial charge in [-0.25, -0.2) is 0 Å². The second-order valence-corrected chi connectivity index (χ2v) is 8.09. The second kappa shape index (κ2) is 5.98. The Morgan fingerprint density at radius 1 is 1.19 bits per heavy atom. The van der Waals surface area contributed by atoms with E-state index in [0.29, 0.717) is 12.3 Å². The normalized spacial score (nSPS) is 30.3. The summed E-state index contributed by atoms with van der Waals surface area (Å²) in [5.41, 5.74) is 0.149. The van der Waals surface area contributed by atoms with Gasteiger partial charge >= 0.3 is 5.97 Å². The Labute approximate surface area is 127 Å². The van der Waals surface area contributed by atoms with Crippen LogP contribution in [0.3, 0.4) is 0 Å². The highest BCUT2D eigenvalue weighted by molar-refractivity contribution is 5.77. The largest absolute Gasteiger partial charge is 0.481 e. The quantitative estimate of drug-likeness (QED) is 0.865. The molecule has 0 aliphatic carbocycles. The lowest BCUT2D eigenvalue weighted by Gasteiger charge is -2.40. The number of carboxylic acids is 1. The van der Waals surface area contributed by atoms with Gasteiger partial charge in [0.1, 0.15) is 0 Å². The summed E-state index contributed by atoms with van der Waals surface area (Å²) in [6.45, 7) is 8.69. The first kappa shape index (κ1) is 16.3. The number of hydrogen-bond acceptors (Lipinski definition) is 2. The third kappa shape index (κ3) is 3.78. The van der Waals surface area contributed by atoms with Gasteiger partial charge in [0.25, 0.3) is 0 Å². The summed E-state index contributed by atoms with van der Waals surface area (Å²) in [6, 6.07) is 0.570. The average molecular weight is 295 g/mol. The van der Waals surface area contributed by atoms with E-state index in [1.807, 2.05) is 0 Å². The van der Waals surface area contributed by atoms with Crippen molar-refractivity contribution in [2.75, 3.05) is 0 Å². The van der Waals surface area contributed by atoms with Crippen molar-refractivity contribution in [2.45, 2.75) is 78.3 Å². The number of hydrogen-bond donors (Lipinski definition) is 1. The van der Waals surface area contributed by atoms with Crippen molar-refractivity contribution in [2.24, 2.45) is 17.3 Å². The van der Waals surface area contributed by atoms with Crippen LogP contribution in [0.5, 0.6) is 0 Å². The third-order valence-corrected chi connectivity index (χ3v) is 5.54. The fourth-order valence-electron chi connectivity index (χ4n) is 3.78. The standard InChI is InChI=1S/C17H29NO3/c1-11(17(2,3)4)7-15(19)18-13-5-6-14(18)9-12(8-13)10-16(20)21/h11-14H,5-10H2,1-4H3,(H,20,21). The maximum Gasteiger partial charge on any atom is 0.303 e. The molecule has 0 radical (unpaired) electrons. The molecule has 0 spiro atoms. The molecule has 3 unspecified atom stereocenters.